The van der Waals surface area contributed by atoms with Gasteiger partial charge in [-0.05, 0) is 43.7 Å². The Labute approximate surface area is 146 Å². The number of fused-ring (bicyclic) bond motifs is 1. The normalized spacial score (nSPS) is 12.5. The number of hydrazone groups is 1. The molecular weight excluding hydrogens is 338 g/mol. The highest BCUT2D eigenvalue weighted by atomic mass is 32.2. The fraction of sp³-hybridized carbons (Fsp3) is 0.167. The Morgan fingerprint density at radius 2 is 1.84 bits per heavy atom. The van der Waals surface area contributed by atoms with Gasteiger partial charge >= 0.3 is 0 Å². The van der Waals surface area contributed by atoms with Crippen LogP contribution in [0.3, 0.4) is 0 Å². The maximum Gasteiger partial charge on any atom is 0.238 e. The number of hydrogen-bond donors (Lipinski definition) is 2. The smallest absolute Gasteiger partial charge is 0.238 e. The Hall–Kier alpha value is -2.64. The van der Waals surface area contributed by atoms with Gasteiger partial charge in [-0.15, -0.1) is 0 Å². The van der Waals surface area contributed by atoms with Gasteiger partial charge in [0.2, 0.25) is 10.0 Å². The molecule has 1 aromatic heterocycles. The molecule has 0 aliphatic carbocycles. The van der Waals surface area contributed by atoms with Crippen molar-refractivity contribution >= 4 is 32.4 Å². The monoisotopic (exact) mass is 357 g/mol. The number of anilines is 1. The molecule has 6 nitrogen and oxygen atoms in total. The van der Waals surface area contributed by atoms with Gasteiger partial charge in [0.25, 0.3) is 0 Å². The minimum atomic E-state index is -3.70. The van der Waals surface area contributed by atoms with Gasteiger partial charge in [-0.2, -0.15) is 5.10 Å². The maximum absolute atomic E-state index is 11.3. The van der Waals surface area contributed by atoms with Crippen molar-refractivity contribution in [3.05, 3.63) is 59.9 Å². The highest BCUT2D eigenvalue weighted by Gasteiger charge is 2.14. The van der Waals surface area contributed by atoms with Crippen LogP contribution < -0.4 is 10.6 Å². The summed E-state index contributed by atoms with van der Waals surface area (Å²) >= 11 is 0. The zero-order chi connectivity index (χ0) is 18.0. The first-order valence-electron chi connectivity index (χ1n) is 7.84. The van der Waals surface area contributed by atoms with Crippen molar-refractivity contribution < 1.29 is 12.8 Å². The highest BCUT2D eigenvalue weighted by Crippen LogP contribution is 2.27. The number of benzene rings is 2. The van der Waals surface area contributed by atoms with Crippen LogP contribution in [0.25, 0.3) is 11.0 Å². The number of para-hydroxylation sites is 1. The third-order valence-electron chi connectivity index (χ3n) is 3.92. The van der Waals surface area contributed by atoms with Crippen LogP contribution in [0.15, 0.2) is 62.9 Å². The van der Waals surface area contributed by atoms with E-state index in [0.29, 0.717) is 11.4 Å². The Bertz CT molecular complexity index is 1040. The molecule has 25 heavy (non-hydrogen) atoms. The molecule has 3 N–H and O–H groups in total. The topological polar surface area (TPSA) is 97.7 Å². The van der Waals surface area contributed by atoms with Crippen LogP contribution in [-0.2, 0) is 16.4 Å². The van der Waals surface area contributed by atoms with Crippen LogP contribution in [0.5, 0.6) is 0 Å². The van der Waals surface area contributed by atoms with Crippen molar-refractivity contribution in [2.24, 2.45) is 10.2 Å². The summed E-state index contributed by atoms with van der Waals surface area (Å²) in [6, 6.07) is 14.0. The number of furan rings is 1. The van der Waals surface area contributed by atoms with Crippen LogP contribution in [0.1, 0.15) is 25.2 Å². The van der Waals surface area contributed by atoms with Crippen LogP contribution in [0.2, 0.25) is 0 Å². The summed E-state index contributed by atoms with van der Waals surface area (Å²) in [6.45, 7) is 3.94. The van der Waals surface area contributed by atoms with Crippen LogP contribution >= 0.6 is 0 Å². The molecule has 0 aliphatic heterocycles. The first-order valence-corrected chi connectivity index (χ1v) is 9.38. The van der Waals surface area contributed by atoms with E-state index < -0.39 is 10.0 Å². The molecule has 0 saturated carbocycles. The SMILES string of the molecule is CCc1c(C(C)=NNc2ccc(S(N)(=O)=O)cc2)oc2ccccc12. The molecule has 0 unspecified atom stereocenters. The van der Waals surface area contributed by atoms with Crippen LogP contribution in [-0.4, -0.2) is 14.1 Å². The van der Waals surface area contributed by atoms with E-state index in [1.165, 1.54) is 12.1 Å². The summed E-state index contributed by atoms with van der Waals surface area (Å²) in [6.07, 6.45) is 0.836. The molecule has 0 aliphatic rings. The molecule has 0 spiro atoms. The molecule has 0 atom stereocenters. The maximum atomic E-state index is 11.3. The lowest BCUT2D eigenvalue weighted by Gasteiger charge is -2.04. The molecule has 1 heterocycles. The second-order valence-corrected chi connectivity index (χ2v) is 7.20. The Morgan fingerprint density at radius 1 is 1.16 bits per heavy atom. The average Bonchev–Trinajstić information content (AvgIpc) is 2.98. The number of primary sulfonamides is 1. The summed E-state index contributed by atoms with van der Waals surface area (Å²) < 4.78 is 28.5. The van der Waals surface area contributed by atoms with E-state index in [4.69, 9.17) is 9.56 Å². The van der Waals surface area contributed by atoms with Gasteiger partial charge in [0.15, 0.2) is 5.76 Å². The van der Waals surface area contributed by atoms with Crippen molar-refractivity contribution in [2.45, 2.75) is 25.2 Å². The van der Waals surface area contributed by atoms with Gasteiger partial charge < -0.3 is 4.42 Å². The van der Waals surface area contributed by atoms with Gasteiger partial charge in [0, 0.05) is 10.9 Å². The Kier molecular flexibility index (Phi) is 4.61. The number of sulfonamides is 1. The first kappa shape index (κ1) is 17.2. The van der Waals surface area contributed by atoms with E-state index >= 15 is 0 Å². The largest absolute Gasteiger partial charge is 0.454 e. The van der Waals surface area contributed by atoms with Gasteiger partial charge in [0.05, 0.1) is 10.6 Å². The molecule has 2 aromatic carbocycles. The van der Waals surface area contributed by atoms with E-state index in [2.05, 4.69) is 17.5 Å². The van der Waals surface area contributed by atoms with Gasteiger partial charge in [-0.1, -0.05) is 25.1 Å². The minimum Gasteiger partial charge on any atom is -0.454 e. The number of nitrogens with one attached hydrogen (secondary N) is 1. The zero-order valence-electron chi connectivity index (χ0n) is 14.0. The molecule has 130 valence electrons. The molecule has 0 amide bonds. The molecule has 0 radical (unpaired) electrons. The number of nitrogens with two attached hydrogens (primary N) is 1. The van der Waals surface area contributed by atoms with E-state index in [1.54, 1.807) is 12.1 Å². The zero-order valence-corrected chi connectivity index (χ0v) is 14.8. The summed E-state index contributed by atoms with van der Waals surface area (Å²) in [5, 5.41) is 10.5. The molecule has 3 aromatic rings. The molecule has 7 heteroatoms. The van der Waals surface area contributed by atoms with Crippen molar-refractivity contribution in [1.82, 2.24) is 0 Å². The molecule has 0 bridgehead atoms. The Balaban J connectivity index is 1.87. The summed E-state index contributed by atoms with van der Waals surface area (Å²) in [4.78, 5) is 0.0595. The molecular formula is C18H19N3O3S. The van der Waals surface area contributed by atoms with E-state index in [0.717, 1.165) is 28.7 Å². The third kappa shape index (κ3) is 3.57. The summed E-state index contributed by atoms with van der Waals surface area (Å²) in [7, 11) is -3.70. The number of aryl methyl sites for hydroxylation is 1. The van der Waals surface area contributed by atoms with Gasteiger partial charge in [-0.25, -0.2) is 13.6 Å². The van der Waals surface area contributed by atoms with Crippen molar-refractivity contribution in [3.8, 4) is 0 Å². The average molecular weight is 357 g/mol. The number of rotatable bonds is 5. The Morgan fingerprint density at radius 3 is 2.48 bits per heavy atom. The second kappa shape index (κ2) is 6.70. The van der Waals surface area contributed by atoms with Crippen molar-refractivity contribution in [3.63, 3.8) is 0 Å². The van der Waals surface area contributed by atoms with Crippen molar-refractivity contribution in [1.29, 1.82) is 0 Å². The lowest BCUT2D eigenvalue weighted by molar-refractivity contribution is 0.597. The minimum absolute atomic E-state index is 0.0595. The third-order valence-corrected chi connectivity index (χ3v) is 4.85. The van der Waals surface area contributed by atoms with E-state index in [9.17, 15) is 8.42 Å². The molecule has 0 fully saturated rings. The van der Waals surface area contributed by atoms with E-state index in [1.807, 2.05) is 31.2 Å². The van der Waals surface area contributed by atoms with Crippen LogP contribution in [0.4, 0.5) is 5.69 Å². The summed E-state index contributed by atoms with van der Waals surface area (Å²) in [5.74, 6) is 0.748. The van der Waals surface area contributed by atoms with Crippen LogP contribution in [0, 0.1) is 0 Å². The number of hydrogen-bond acceptors (Lipinski definition) is 5. The lowest BCUT2D eigenvalue weighted by atomic mass is 10.1. The molecule has 3 rings (SSSR count). The van der Waals surface area contributed by atoms with Gasteiger partial charge in [0.1, 0.15) is 11.3 Å². The quantitative estimate of drug-likeness (QED) is 0.539. The lowest BCUT2D eigenvalue weighted by Crippen LogP contribution is -2.11. The predicted molar refractivity (Wildman–Crippen MR) is 99.2 cm³/mol. The van der Waals surface area contributed by atoms with E-state index in [-0.39, 0.29) is 4.90 Å². The van der Waals surface area contributed by atoms with Gasteiger partial charge in [-0.3, -0.25) is 5.43 Å². The van der Waals surface area contributed by atoms with Crippen molar-refractivity contribution in [2.75, 3.05) is 5.43 Å². The fourth-order valence-corrected chi connectivity index (χ4v) is 3.18. The first-order chi connectivity index (χ1) is 11.9. The standard InChI is InChI=1S/C18H19N3O3S/c1-3-15-16-6-4-5-7-17(16)24-18(15)12(2)20-21-13-8-10-14(11-9-13)25(19,22)23/h4-11,21H,3H2,1-2H3,(H2,19,22,23). The second-order valence-electron chi connectivity index (χ2n) is 5.64. The molecule has 0 saturated heterocycles. The highest BCUT2D eigenvalue weighted by molar-refractivity contribution is 7.89. The number of nitrogens with zero attached hydrogens (tertiary/aromatic N) is 1. The fourth-order valence-electron chi connectivity index (χ4n) is 2.66. The summed E-state index contributed by atoms with van der Waals surface area (Å²) in [5.41, 5.74) is 6.22. The predicted octanol–water partition coefficient (Wildman–Crippen LogP) is 3.48.